The summed E-state index contributed by atoms with van der Waals surface area (Å²) in [6.07, 6.45) is 4.11. The van der Waals surface area contributed by atoms with Crippen LogP contribution >= 0.6 is 0 Å². The van der Waals surface area contributed by atoms with E-state index in [1.54, 1.807) is 9.80 Å². The van der Waals surface area contributed by atoms with Gasteiger partial charge in [0, 0.05) is 44.8 Å². The Labute approximate surface area is 435 Å². The topological polar surface area (TPSA) is 183 Å². The molecule has 4 N–H and O–H groups in total. The number of aromatic nitrogens is 4. The van der Waals surface area contributed by atoms with E-state index in [0.717, 1.165) is 63.8 Å². The van der Waals surface area contributed by atoms with E-state index in [1.165, 1.54) is 26.3 Å². The molecular weight excluding hydrogens is 959 g/mol. The zero-order chi connectivity index (χ0) is 52.8. The standard InChI is InChI=1S/C57H68F2N10O6/c1-32(2)49(64-56(72)75-6)54(70)67-25-11-16-47(67)52-60-41-20-18-35(27-43(41)62-52)45-22-23-46(69(45)38-29-39(58)51(40(59)30-38)66-24-10-15-37(31-66)34-13-8-7-9-14-34)36-19-21-42-44(28-36)63-53(61-42)48-17-12-26-68(48)55(71)50(33(3)4)65(5)57(73)74/h7-9,13-14,18-21,27-30,32-33,37,45-50H,10-12,15-17,22-26,31H2,1-6H3,(H,60,62)(H,61,63)(H,64,72)(H,73,74)/t37?,45-,46-,47+,48+,49+,50+/m1/s1. The molecule has 4 aliphatic rings. The largest absolute Gasteiger partial charge is 0.465 e. The average molecular weight is 1030 g/mol. The molecule has 6 heterocycles. The lowest BCUT2D eigenvalue weighted by Crippen LogP contribution is -2.51. The number of likely N-dealkylation sites (tertiary alicyclic amines) is 2. The van der Waals surface area contributed by atoms with Gasteiger partial charge in [-0.3, -0.25) is 14.5 Å². The van der Waals surface area contributed by atoms with Crippen LogP contribution in [0.2, 0.25) is 0 Å². The number of methoxy groups -OCH3 is 1. The molecule has 396 valence electrons. The van der Waals surface area contributed by atoms with Gasteiger partial charge in [0.05, 0.1) is 53.3 Å². The highest BCUT2D eigenvalue weighted by Crippen LogP contribution is 2.49. The summed E-state index contributed by atoms with van der Waals surface area (Å²) in [4.78, 5) is 77.9. The van der Waals surface area contributed by atoms with Crippen LogP contribution in [0.1, 0.15) is 137 Å². The number of hydrogen-bond donors (Lipinski definition) is 4. The number of nitrogens with one attached hydrogen (secondary N) is 3. The Hall–Kier alpha value is -7.24. The zero-order valence-corrected chi connectivity index (χ0v) is 43.6. The molecule has 4 saturated heterocycles. The summed E-state index contributed by atoms with van der Waals surface area (Å²) in [7, 11) is 2.71. The lowest BCUT2D eigenvalue weighted by Gasteiger charge is -2.36. The molecule has 7 atom stereocenters. The van der Waals surface area contributed by atoms with Gasteiger partial charge in [0.2, 0.25) is 11.8 Å². The Morgan fingerprint density at radius 1 is 0.693 bits per heavy atom. The van der Waals surface area contributed by atoms with Gasteiger partial charge >= 0.3 is 12.2 Å². The maximum absolute atomic E-state index is 16.9. The molecule has 4 amide bonds. The summed E-state index contributed by atoms with van der Waals surface area (Å²) in [5.41, 5.74) is 6.36. The van der Waals surface area contributed by atoms with E-state index in [4.69, 9.17) is 14.7 Å². The van der Waals surface area contributed by atoms with Crippen molar-refractivity contribution in [2.75, 3.05) is 50.1 Å². The van der Waals surface area contributed by atoms with Crippen LogP contribution in [0.5, 0.6) is 0 Å². The number of piperidine rings is 1. The number of anilines is 2. The molecule has 0 bridgehead atoms. The highest BCUT2D eigenvalue weighted by molar-refractivity contribution is 5.87. The molecule has 75 heavy (non-hydrogen) atoms. The number of hydrogen-bond acceptors (Lipinski definition) is 9. The molecule has 10 rings (SSSR count). The minimum absolute atomic E-state index is 0.0153. The number of carbonyl (C=O) groups is 4. The van der Waals surface area contributed by atoms with Crippen LogP contribution in [0.15, 0.2) is 78.9 Å². The highest BCUT2D eigenvalue weighted by Gasteiger charge is 2.42. The van der Waals surface area contributed by atoms with Crippen molar-refractivity contribution in [3.05, 3.63) is 119 Å². The molecule has 6 aromatic rings. The number of H-pyrrole nitrogens is 2. The lowest BCUT2D eigenvalue weighted by molar-refractivity contribution is -0.138. The monoisotopic (exact) mass is 1030 g/mol. The first-order valence-corrected chi connectivity index (χ1v) is 26.6. The molecule has 18 heteroatoms. The number of benzene rings is 4. The lowest BCUT2D eigenvalue weighted by atomic mass is 9.90. The molecule has 4 fully saturated rings. The van der Waals surface area contributed by atoms with Crippen LogP contribution in [0.4, 0.5) is 29.7 Å². The van der Waals surface area contributed by atoms with Gasteiger partial charge in [-0.05, 0) is 116 Å². The third-order valence-electron chi connectivity index (χ3n) is 16.2. The molecule has 0 aliphatic carbocycles. The summed E-state index contributed by atoms with van der Waals surface area (Å²) in [5, 5.41) is 12.5. The fraction of sp³-hybridized carbons (Fsp3) is 0.474. The number of halogens is 2. The number of rotatable bonds is 13. The van der Waals surface area contributed by atoms with E-state index in [9.17, 15) is 24.3 Å². The van der Waals surface area contributed by atoms with E-state index >= 15 is 8.78 Å². The van der Waals surface area contributed by atoms with Crippen LogP contribution in [-0.2, 0) is 14.3 Å². The number of carbonyl (C=O) groups excluding carboxylic acids is 3. The molecule has 1 unspecified atom stereocenters. The van der Waals surface area contributed by atoms with Crippen molar-refractivity contribution in [3.63, 3.8) is 0 Å². The predicted octanol–water partition coefficient (Wildman–Crippen LogP) is 10.5. The SMILES string of the molecule is COC(=O)N[C@H](C(=O)N1CCC[C@H]1c1nc2ccc([C@H]3CC[C@H](c4ccc5nc([C@@H]6CCCN6C(=O)[C@H](C(C)C)N(C)C(=O)O)[nH]c5c4)N3c3cc(F)c(N4CCCC(c5ccccc5)C4)c(F)c3)cc2[nH]1)C(C)C. The zero-order valence-electron chi connectivity index (χ0n) is 43.6. The average Bonchev–Trinajstić information content (AvgIpc) is 4.27. The number of likely N-dealkylation sites (N-methyl/N-ethyl adjacent to an activating group) is 1. The van der Waals surface area contributed by atoms with Gasteiger partial charge < -0.3 is 44.7 Å². The van der Waals surface area contributed by atoms with E-state index in [2.05, 4.69) is 38.4 Å². The Balaban J connectivity index is 0.982. The van der Waals surface area contributed by atoms with Gasteiger partial charge in [0.15, 0.2) is 11.6 Å². The molecule has 16 nitrogen and oxygen atoms in total. The number of ether oxygens (including phenoxy) is 1. The molecule has 2 aromatic heterocycles. The quantitative estimate of drug-likeness (QED) is 0.0868. The predicted molar refractivity (Wildman–Crippen MR) is 282 cm³/mol. The second kappa shape index (κ2) is 21.2. The summed E-state index contributed by atoms with van der Waals surface area (Å²) in [5.74, 6) is -0.698. The highest BCUT2D eigenvalue weighted by atomic mass is 19.1. The van der Waals surface area contributed by atoms with Gasteiger partial charge in [-0.15, -0.1) is 0 Å². The fourth-order valence-corrected chi connectivity index (χ4v) is 12.5. The third-order valence-corrected chi connectivity index (χ3v) is 16.2. The molecule has 0 saturated carbocycles. The maximum atomic E-state index is 16.9. The maximum Gasteiger partial charge on any atom is 0.407 e. The summed E-state index contributed by atoms with van der Waals surface area (Å²) < 4.78 is 38.7. The van der Waals surface area contributed by atoms with Crippen LogP contribution in [0.3, 0.4) is 0 Å². The number of carboxylic acid groups (broad SMARTS) is 1. The van der Waals surface area contributed by atoms with E-state index in [1.807, 2.05) is 81.1 Å². The molecule has 4 aliphatic heterocycles. The van der Waals surface area contributed by atoms with Crippen molar-refractivity contribution in [1.29, 1.82) is 0 Å². The van der Waals surface area contributed by atoms with Gasteiger partial charge in [0.1, 0.15) is 29.4 Å². The molecule has 0 spiro atoms. The minimum atomic E-state index is -1.16. The van der Waals surface area contributed by atoms with Gasteiger partial charge in [-0.25, -0.2) is 28.3 Å². The second-order valence-corrected chi connectivity index (χ2v) is 21.6. The number of fused-ring (bicyclic) bond motifs is 2. The van der Waals surface area contributed by atoms with Crippen molar-refractivity contribution in [1.82, 2.24) is 40.0 Å². The van der Waals surface area contributed by atoms with Gasteiger partial charge in [-0.2, -0.15) is 0 Å². The van der Waals surface area contributed by atoms with Crippen molar-refractivity contribution in [3.8, 4) is 0 Å². The summed E-state index contributed by atoms with van der Waals surface area (Å²) >= 11 is 0. The van der Waals surface area contributed by atoms with E-state index in [0.29, 0.717) is 74.7 Å². The Kier molecular flexibility index (Phi) is 14.5. The number of amides is 4. The van der Waals surface area contributed by atoms with Crippen LogP contribution < -0.4 is 15.1 Å². The fourth-order valence-electron chi connectivity index (χ4n) is 12.5. The van der Waals surface area contributed by atoms with Crippen LogP contribution in [0, 0.1) is 23.5 Å². The van der Waals surface area contributed by atoms with E-state index < -0.39 is 35.9 Å². The molecular formula is C57H68F2N10O6. The van der Waals surface area contributed by atoms with Crippen molar-refractivity contribution >= 4 is 57.4 Å². The smallest absolute Gasteiger partial charge is 0.407 e. The Bertz CT molecular complexity index is 3070. The summed E-state index contributed by atoms with van der Waals surface area (Å²) in [6.45, 7) is 9.50. The van der Waals surface area contributed by atoms with Crippen LogP contribution in [0.25, 0.3) is 22.1 Å². The number of aromatic amines is 2. The normalized spacial score (nSPS) is 21.9. The van der Waals surface area contributed by atoms with Crippen molar-refractivity contribution in [2.45, 2.75) is 121 Å². The Morgan fingerprint density at radius 2 is 1.24 bits per heavy atom. The third kappa shape index (κ3) is 9.95. The number of alkyl carbamates (subject to hydrolysis) is 1. The molecule has 0 radical (unpaired) electrons. The Morgan fingerprint density at radius 3 is 1.76 bits per heavy atom. The van der Waals surface area contributed by atoms with Crippen molar-refractivity contribution in [2.24, 2.45) is 11.8 Å². The number of imidazole rings is 2. The molecule has 4 aromatic carbocycles. The number of nitrogens with zero attached hydrogens (tertiary/aromatic N) is 7. The minimum Gasteiger partial charge on any atom is -0.465 e. The van der Waals surface area contributed by atoms with Crippen LogP contribution in [-0.4, -0.2) is 116 Å². The van der Waals surface area contributed by atoms with Gasteiger partial charge in [0.25, 0.3) is 0 Å². The summed E-state index contributed by atoms with van der Waals surface area (Å²) in [6, 6.07) is 22.2. The first-order valence-electron chi connectivity index (χ1n) is 26.6. The first-order chi connectivity index (χ1) is 36.1. The first kappa shape index (κ1) is 51.3. The second-order valence-electron chi connectivity index (χ2n) is 21.6. The van der Waals surface area contributed by atoms with E-state index in [-0.39, 0.29) is 59.4 Å². The van der Waals surface area contributed by atoms with Gasteiger partial charge in [-0.1, -0.05) is 70.2 Å². The van der Waals surface area contributed by atoms with Crippen molar-refractivity contribution < 1.29 is 37.8 Å².